The van der Waals surface area contributed by atoms with Gasteiger partial charge in [-0.2, -0.15) is 4.90 Å². The second-order valence-electron chi connectivity index (χ2n) is 3.85. The Labute approximate surface area is 84.6 Å². The number of urea groups is 1. The molecule has 4 amide bonds. The molecule has 3 aliphatic heterocycles. The zero-order chi connectivity index (χ0) is 10.7. The minimum atomic E-state index is -1.00. The van der Waals surface area contributed by atoms with Crippen molar-refractivity contribution in [2.45, 2.75) is 12.2 Å². The molecule has 2 fully saturated rings. The molecule has 4 atom stereocenters. The zero-order valence-electron chi connectivity index (χ0n) is 7.62. The van der Waals surface area contributed by atoms with Crippen LogP contribution >= 0.6 is 0 Å². The normalized spacial score (nSPS) is 41.5. The second kappa shape index (κ2) is 2.46. The van der Waals surface area contributed by atoms with Crippen LogP contribution in [0.4, 0.5) is 4.79 Å². The third-order valence-electron chi connectivity index (χ3n) is 3.13. The van der Waals surface area contributed by atoms with E-state index < -0.39 is 29.7 Å². The van der Waals surface area contributed by atoms with Gasteiger partial charge >= 0.3 is 6.03 Å². The largest absolute Gasteiger partial charge is 0.365 e. The Hall–Kier alpha value is -1.69. The average molecular weight is 208 g/mol. The van der Waals surface area contributed by atoms with Gasteiger partial charge in [0.05, 0.1) is 24.0 Å². The molecule has 0 saturated carbocycles. The van der Waals surface area contributed by atoms with E-state index >= 15 is 0 Å². The van der Waals surface area contributed by atoms with Crippen molar-refractivity contribution in [3.8, 4) is 0 Å². The lowest BCUT2D eigenvalue weighted by molar-refractivity contribution is -0.138. The van der Waals surface area contributed by atoms with E-state index in [4.69, 9.17) is 10.5 Å². The lowest BCUT2D eigenvalue weighted by Crippen LogP contribution is -2.42. The fourth-order valence-corrected chi connectivity index (χ4v) is 2.52. The smallest absolute Gasteiger partial charge is 0.328 e. The molecule has 2 N–H and O–H groups in total. The predicted molar refractivity (Wildman–Crippen MR) is 46.2 cm³/mol. The lowest BCUT2D eigenvalue weighted by Gasteiger charge is -2.12. The highest BCUT2D eigenvalue weighted by molar-refractivity contribution is 6.17. The van der Waals surface area contributed by atoms with Crippen molar-refractivity contribution in [2.75, 3.05) is 0 Å². The van der Waals surface area contributed by atoms with Crippen LogP contribution in [0.3, 0.4) is 0 Å². The van der Waals surface area contributed by atoms with Gasteiger partial charge < -0.3 is 10.5 Å². The second-order valence-corrected chi connectivity index (χ2v) is 3.85. The number of nitrogens with zero attached hydrogens (tertiary/aromatic N) is 1. The third-order valence-corrected chi connectivity index (χ3v) is 3.13. The van der Waals surface area contributed by atoms with Crippen LogP contribution in [0.1, 0.15) is 0 Å². The number of rotatable bonds is 0. The van der Waals surface area contributed by atoms with Crippen LogP contribution in [-0.4, -0.2) is 35.0 Å². The quantitative estimate of drug-likeness (QED) is 0.408. The number of carbonyl (C=O) groups excluding carboxylic acids is 3. The zero-order valence-corrected chi connectivity index (χ0v) is 7.62. The van der Waals surface area contributed by atoms with Crippen LogP contribution in [-0.2, 0) is 14.3 Å². The number of hydrogen-bond donors (Lipinski definition) is 1. The van der Waals surface area contributed by atoms with Crippen LogP contribution in [0.2, 0.25) is 0 Å². The fourth-order valence-electron chi connectivity index (χ4n) is 2.52. The molecule has 6 heteroatoms. The summed E-state index contributed by atoms with van der Waals surface area (Å²) >= 11 is 0. The summed E-state index contributed by atoms with van der Waals surface area (Å²) in [5.41, 5.74) is 4.98. The maximum Gasteiger partial charge on any atom is 0.328 e. The SMILES string of the molecule is NC(=O)N1C(=O)[C@@H]2[C@H](C1=O)[C@H]1C=C[C@H]2O1. The van der Waals surface area contributed by atoms with Crippen molar-refractivity contribution in [3.63, 3.8) is 0 Å². The molecule has 0 aromatic carbocycles. The summed E-state index contributed by atoms with van der Waals surface area (Å²) in [7, 11) is 0. The first-order valence-electron chi connectivity index (χ1n) is 4.62. The fraction of sp³-hybridized carbons (Fsp3) is 0.444. The summed E-state index contributed by atoms with van der Waals surface area (Å²) in [5, 5.41) is 0. The van der Waals surface area contributed by atoms with Gasteiger partial charge in [-0.3, -0.25) is 9.59 Å². The van der Waals surface area contributed by atoms with Gasteiger partial charge in [-0.1, -0.05) is 12.2 Å². The minimum Gasteiger partial charge on any atom is -0.365 e. The molecule has 78 valence electrons. The molecular formula is C9H8N2O4. The molecule has 0 aliphatic carbocycles. The van der Waals surface area contributed by atoms with E-state index in [-0.39, 0.29) is 12.2 Å². The number of fused-ring (bicyclic) bond motifs is 5. The van der Waals surface area contributed by atoms with Gasteiger partial charge in [0.15, 0.2) is 0 Å². The predicted octanol–water partition coefficient (Wildman–Crippen LogP) is -0.996. The number of amides is 4. The summed E-state index contributed by atoms with van der Waals surface area (Å²) in [4.78, 5) is 34.9. The lowest BCUT2D eigenvalue weighted by atomic mass is 9.85. The Morgan fingerprint density at radius 2 is 1.67 bits per heavy atom. The van der Waals surface area contributed by atoms with Gasteiger partial charge in [0, 0.05) is 0 Å². The van der Waals surface area contributed by atoms with Crippen molar-refractivity contribution >= 4 is 17.8 Å². The molecule has 0 spiro atoms. The molecule has 0 aromatic rings. The first-order valence-corrected chi connectivity index (χ1v) is 4.62. The number of hydrogen-bond acceptors (Lipinski definition) is 4. The molecule has 0 radical (unpaired) electrons. The minimum absolute atomic E-state index is 0.374. The number of primary amides is 1. The van der Waals surface area contributed by atoms with Crippen molar-refractivity contribution < 1.29 is 19.1 Å². The molecule has 2 saturated heterocycles. The van der Waals surface area contributed by atoms with Crippen LogP contribution in [0.5, 0.6) is 0 Å². The molecule has 3 heterocycles. The van der Waals surface area contributed by atoms with E-state index in [0.717, 1.165) is 0 Å². The summed E-state index contributed by atoms with van der Waals surface area (Å²) in [6.07, 6.45) is 2.75. The maximum atomic E-state index is 11.7. The van der Waals surface area contributed by atoms with Crippen LogP contribution in [0.15, 0.2) is 12.2 Å². The highest BCUT2D eigenvalue weighted by Crippen LogP contribution is 2.44. The number of nitrogens with two attached hydrogens (primary N) is 1. The molecule has 3 rings (SSSR count). The van der Waals surface area contributed by atoms with E-state index in [2.05, 4.69) is 0 Å². The average Bonchev–Trinajstić information content (AvgIpc) is 2.79. The van der Waals surface area contributed by atoms with Crippen LogP contribution < -0.4 is 5.73 Å². The Morgan fingerprint density at radius 1 is 1.20 bits per heavy atom. The highest BCUT2D eigenvalue weighted by atomic mass is 16.5. The number of ether oxygens (including phenoxy) is 1. The van der Waals surface area contributed by atoms with Gasteiger partial charge in [-0.05, 0) is 0 Å². The molecule has 2 bridgehead atoms. The van der Waals surface area contributed by atoms with Crippen molar-refractivity contribution in [3.05, 3.63) is 12.2 Å². The van der Waals surface area contributed by atoms with Gasteiger partial charge in [-0.15, -0.1) is 0 Å². The molecule has 15 heavy (non-hydrogen) atoms. The summed E-state index contributed by atoms with van der Waals surface area (Å²) in [5.74, 6) is -2.18. The summed E-state index contributed by atoms with van der Waals surface area (Å²) in [6, 6.07) is -1.00. The van der Waals surface area contributed by atoms with Gasteiger partial charge in [0.1, 0.15) is 0 Å². The molecule has 0 unspecified atom stereocenters. The van der Waals surface area contributed by atoms with E-state index in [9.17, 15) is 14.4 Å². The number of carbonyl (C=O) groups is 3. The summed E-state index contributed by atoms with van der Waals surface area (Å²) in [6.45, 7) is 0. The third kappa shape index (κ3) is 0.847. The van der Waals surface area contributed by atoms with E-state index in [1.165, 1.54) is 0 Å². The molecule has 3 aliphatic rings. The molecular weight excluding hydrogens is 200 g/mol. The Bertz CT molecular complexity index is 386. The van der Waals surface area contributed by atoms with E-state index in [0.29, 0.717) is 4.90 Å². The van der Waals surface area contributed by atoms with E-state index in [1.807, 2.05) is 0 Å². The first-order chi connectivity index (χ1) is 7.11. The summed E-state index contributed by atoms with van der Waals surface area (Å²) < 4.78 is 5.38. The standard InChI is InChI=1S/C9H8N2O4/c10-9(14)11-7(12)5-3-1-2-4(15-3)6(5)8(11)13/h1-6H,(H2,10,14)/t3-,4-,5-,6+/m1/s1. The first kappa shape index (κ1) is 8.60. The van der Waals surface area contributed by atoms with E-state index in [1.54, 1.807) is 12.2 Å². The van der Waals surface area contributed by atoms with Crippen LogP contribution in [0.25, 0.3) is 0 Å². The van der Waals surface area contributed by atoms with Crippen LogP contribution in [0, 0.1) is 11.8 Å². The number of likely N-dealkylation sites (tertiary alicyclic amines) is 1. The Morgan fingerprint density at radius 3 is 2.07 bits per heavy atom. The molecule has 0 aromatic heterocycles. The highest BCUT2D eigenvalue weighted by Gasteiger charge is 2.61. The Kier molecular flexibility index (Phi) is 1.41. The van der Waals surface area contributed by atoms with Crippen molar-refractivity contribution in [2.24, 2.45) is 17.6 Å². The van der Waals surface area contributed by atoms with Gasteiger partial charge in [0.25, 0.3) is 0 Å². The van der Waals surface area contributed by atoms with Gasteiger partial charge in [-0.25, -0.2) is 4.79 Å². The number of imide groups is 3. The Balaban J connectivity index is 2.03. The van der Waals surface area contributed by atoms with Crippen molar-refractivity contribution in [1.82, 2.24) is 4.90 Å². The van der Waals surface area contributed by atoms with Crippen molar-refractivity contribution in [1.29, 1.82) is 0 Å². The monoisotopic (exact) mass is 208 g/mol. The maximum absolute atomic E-state index is 11.7. The topological polar surface area (TPSA) is 89.7 Å². The van der Waals surface area contributed by atoms with Gasteiger partial charge in [0.2, 0.25) is 11.8 Å². The molecule has 6 nitrogen and oxygen atoms in total.